The van der Waals surface area contributed by atoms with Crippen molar-refractivity contribution in [1.29, 1.82) is 0 Å². The Balaban J connectivity index is 1.98. The zero-order valence-corrected chi connectivity index (χ0v) is 12.8. The van der Waals surface area contributed by atoms with Gasteiger partial charge in [-0.3, -0.25) is 4.68 Å². The summed E-state index contributed by atoms with van der Waals surface area (Å²) in [6.07, 6.45) is 9.23. The van der Waals surface area contributed by atoms with Crippen LogP contribution in [-0.4, -0.2) is 22.9 Å². The van der Waals surface area contributed by atoms with Crippen molar-refractivity contribution in [2.24, 2.45) is 5.92 Å². The summed E-state index contributed by atoms with van der Waals surface area (Å²) in [6, 6.07) is 2.90. The molecule has 1 aliphatic carbocycles. The number of aryl methyl sites for hydroxylation is 2. The van der Waals surface area contributed by atoms with Crippen LogP contribution >= 0.6 is 0 Å². The molecule has 0 aromatic carbocycles. The van der Waals surface area contributed by atoms with E-state index in [1.807, 2.05) is 0 Å². The maximum atomic E-state index is 4.66. The topological polar surface area (TPSA) is 29.9 Å². The van der Waals surface area contributed by atoms with Crippen molar-refractivity contribution in [2.75, 3.05) is 7.05 Å². The van der Waals surface area contributed by atoms with Gasteiger partial charge in [0.15, 0.2) is 0 Å². The van der Waals surface area contributed by atoms with Crippen LogP contribution in [0, 0.1) is 5.92 Å². The minimum atomic E-state index is 0.606. The molecule has 19 heavy (non-hydrogen) atoms. The van der Waals surface area contributed by atoms with E-state index in [-0.39, 0.29) is 0 Å². The summed E-state index contributed by atoms with van der Waals surface area (Å²) in [5.41, 5.74) is 2.63. The molecule has 1 heterocycles. The Morgan fingerprint density at radius 1 is 1.37 bits per heavy atom. The fourth-order valence-corrected chi connectivity index (χ4v) is 3.33. The Bertz CT molecular complexity index is 377. The van der Waals surface area contributed by atoms with Crippen molar-refractivity contribution in [3.63, 3.8) is 0 Å². The van der Waals surface area contributed by atoms with Crippen LogP contribution in [0.15, 0.2) is 6.07 Å². The first-order valence-electron chi connectivity index (χ1n) is 7.99. The quantitative estimate of drug-likeness (QED) is 0.819. The second-order valence-electron chi connectivity index (χ2n) is 5.87. The van der Waals surface area contributed by atoms with Crippen LogP contribution in [0.2, 0.25) is 0 Å². The normalized spacial score (nSPS) is 18.1. The van der Waals surface area contributed by atoms with E-state index in [2.05, 4.69) is 42.1 Å². The second-order valence-corrected chi connectivity index (χ2v) is 5.87. The van der Waals surface area contributed by atoms with E-state index in [1.54, 1.807) is 0 Å². The Kier molecular flexibility index (Phi) is 5.44. The number of nitrogens with one attached hydrogen (secondary N) is 1. The summed E-state index contributed by atoms with van der Waals surface area (Å²) >= 11 is 0. The first-order valence-corrected chi connectivity index (χ1v) is 7.99. The Hall–Kier alpha value is -0.830. The number of hydrogen-bond acceptors (Lipinski definition) is 2. The van der Waals surface area contributed by atoms with Crippen molar-refractivity contribution in [1.82, 2.24) is 15.1 Å². The molecule has 1 aromatic heterocycles. The average Bonchev–Trinajstić information content (AvgIpc) is 3.06. The van der Waals surface area contributed by atoms with E-state index in [1.165, 1.54) is 43.5 Å². The van der Waals surface area contributed by atoms with Gasteiger partial charge in [-0.1, -0.05) is 32.6 Å². The molecule has 0 saturated heterocycles. The second kappa shape index (κ2) is 7.09. The molecule has 1 atom stereocenters. The predicted octanol–water partition coefficient (Wildman–Crippen LogP) is 3.18. The van der Waals surface area contributed by atoms with E-state index >= 15 is 0 Å². The molecule has 1 aromatic rings. The van der Waals surface area contributed by atoms with Crippen molar-refractivity contribution < 1.29 is 0 Å². The molecule has 2 rings (SSSR count). The van der Waals surface area contributed by atoms with Gasteiger partial charge in [-0.25, -0.2) is 0 Å². The number of hydrogen-bond donors (Lipinski definition) is 1. The lowest BCUT2D eigenvalue weighted by Gasteiger charge is -2.20. The smallest absolute Gasteiger partial charge is 0.0624 e. The molecule has 3 heteroatoms. The van der Waals surface area contributed by atoms with Crippen LogP contribution in [0.3, 0.4) is 0 Å². The summed E-state index contributed by atoms with van der Waals surface area (Å²) in [5, 5.41) is 8.17. The van der Waals surface area contributed by atoms with E-state index in [0.29, 0.717) is 6.04 Å². The van der Waals surface area contributed by atoms with E-state index < -0.39 is 0 Å². The molecule has 1 fully saturated rings. The summed E-state index contributed by atoms with van der Waals surface area (Å²) in [7, 11) is 2.10. The predicted molar refractivity (Wildman–Crippen MR) is 80.4 cm³/mol. The summed E-state index contributed by atoms with van der Waals surface area (Å²) in [5.74, 6) is 0.945. The highest BCUT2D eigenvalue weighted by molar-refractivity contribution is 5.12. The lowest BCUT2D eigenvalue weighted by atomic mass is 9.95. The Morgan fingerprint density at radius 3 is 2.68 bits per heavy atom. The van der Waals surface area contributed by atoms with Crippen LogP contribution in [0.1, 0.15) is 57.3 Å². The molecule has 0 bridgehead atoms. The Labute approximate surface area is 117 Å². The van der Waals surface area contributed by atoms with Crippen LogP contribution < -0.4 is 5.32 Å². The molecule has 1 N–H and O–H groups in total. The molecule has 0 amide bonds. The van der Waals surface area contributed by atoms with Crippen LogP contribution in [0.4, 0.5) is 0 Å². The highest BCUT2D eigenvalue weighted by Crippen LogP contribution is 2.29. The summed E-state index contributed by atoms with van der Waals surface area (Å²) in [6.45, 7) is 5.34. The third-order valence-electron chi connectivity index (χ3n) is 4.53. The van der Waals surface area contributed by atoms with Gasteiger partial charge in [0.25, 0.3) is 0 Å². The van der Waals surface area contributed by atoms with E-state index in [9.17, 15) is 0 Å². The third kappa shape index (κ3) is 3.82. The SMILES string of the molecule is CCc1cc(CC(CC2CCCC2)NC)n(CC)n1. The number of likely N-dealkylation sites (N-methyl/N-ethyl adjacent to an activating group) is 1. The van der Waals surface area contributed by atoms with Crippen LogP contribution in [0.25, 0.3) is 0 Å². The van der Waals surface area contributed by atoms with E-state index in [4.69, 9.17) is 0 Å². The van der Waals surface area contributed by atoms with Gasteiger partial charge in [0.2, 0.25) is 0 Å². The molecular weight excluding hydrogens is 234 g/mol. The van der Waals surface area contributed by atoms with Gasteiger partial charge in [0.1, 0.15) is 0 Å². The molecule has 0 radical (unpaired) electrons. The number of nitrogens with zero attached hydrogens (tertiary/aromatic N) is 2. The number of aromatic nitrogens is 2. The third-order valence-corrected chi connectivity index (χ3v) is 4.53. The first kappa shape index (κ1) is 14.6. The van der Waals surface area contributed by atoms with Crippen molar-refractivity contribution in [2.45, 2.75) is 71.4 Å². The molecule has 1 aliphatic rings. The molecule has 1 unspecified atom stereocenters. The Morgan fingerprint density at radius 2 is 2.11 bits per heavy atom. The highest BCUT2D eigenvalue weighted by Gasteiger charge is 2.20. The fraction of sp³-hybridized carbons (Fsp3) is 0.812. The maximum absolute atomic E-state index is 4.66. The van der Waals surface area contributed by atoms with Crippen molar-refractivity contribution in [3.8, 4) is 0 Å². The monoisotopic (exact) mass is 263 g/mol. The lowest BCUT2D eigenvalue weighted by Crippen LogP contribution is -2.30. The number of rotatable bonds is 7. The van der Waals surface area contributed by atoms with E-state index in [0.717, 1.165) is 25.3 Å². The zero-order valence-electron chi connectivity index (χ0n) is 12.8. The zero-order chi connectivity index (χ0) is 13.7. The molecule has 3 nitrogen and oxygen atoms in total. The molecule has 0 aliphatic heterocycles. The largest absolute Gasteiger partial charge is 0.317 e. The van der Waals surface area contributed by atoms with Crippen LogP contribution in [0.5, 0.6) is 0 Å². The fourth-order valence-electron chi connectivity index (χ4n) is 3.33. The molecule has 108 valence electrons. The van der Waals surface area contributed by atoms with Gasteiger partial charge < -0.3 is 5.32 Å². The summed E-state index contributed by atoms with van der Waals surface area (Å²) < 4.78 is 2.18. The first-order chi connectivity index (χ1) is 9.26. The van der Waals surface area contributed by atoms with Gasteiger partial charge in [-0.05, 0) is 38.8 Å². The lowest BCUT2D eigenvalue weighted by molar-refractivity contribution is 0.395. The van der Waals surface area contributed by atoms with Gasteiger partial charge in [0, 0.05) is 24.7 Å². The highest BCUT2D eigenvalue weighted by atomic mass is 15.3. The summed E-state index contributed by atoms with van der Waals surface area (Å²) in [4.78, 5) is 0. The molecule has 1 saturated carbocycles. The van der Waals surface area contributed by atoms with Crippen molar-refractivity contribution >= 4 is 0 Å². The molecular formula is C16H29N3. The standard InChI is InChI=1S/C16H29N3/c1-4-14-11-16(19(5-2)18-14)12-15(17-3)10-13-8-6-7-9-13/h11,13,15,17H,4-10,12H2,1-3H3. The maximum Gasteiger partial charge on any atom is 0.0624 e. The average molecular weight is 263 g/mol. The van der Waals surface area contributed by atoms with Gasteiger partial charge in [-0.2, -0.15) is 5.10 Å². The van der Waals surface area contributed by atoms with Gasteiger partial charge in [0.05, 0.1) is 5.69 Å². The van der Waals surface area contributed by atoms with Gasteiger partial charge in [-0.15, -0.1) is 0 Å². The van der Waals surface area contributed by atoms with Gasteiger partial charge >= 0.3 is 0 Å². The van der Waals surface area contributed by atoms with Crippen LogP contribution in [-0.2, 0) is 19.4 Å². The molecule has 0 spiro atoms. The minimum Gasteiger partial charge on any atom is -0.317 e. The van der Waals surface area contributed by atoms with Crippen molar-refractivity contribution in [3.05, 3.63) is 17.5 Å². The minimum absolute atomic E-state index is 0.606.